The van der Waals surface area contributed by atoms with Gasteiger partial charge in [0.1, 0.15) is 5.82 Å². The predicted octanol–water partition coefficient (Wildman–Crippen LogP) is 2.52. The molecule has 0 fully saturated rings. The van der Waals surface area contributed by atoms with Crippen LogP contribution >= 0.6 is 11.6 Å². The molecule has 0 aliphatic rings. The van der Waals surface area contributed by atoms with Gasteiger partial charge in [-0.3, -0.25) is 0 Å². The van der Waals surface area contributed by atoms with E-state index >= 15 is 0 Å². The third-order valence-electron chi connectivity index (χ3n) is 2.54. The Kier molecular flexibility index (Phi) is 5.74. The first-order valence-corrected chi connectivity index (χ1v) is 5.84. The van der Waals surface area contributed by atoms with Crippen LogP contribution in [-0.2, 0) is 6.54 Å². The van der Waals surface area contributed by atoms with Gasteiger partial charge in [-0.15, -0.1) is 0 Å². The van der Waals surface area contributed by atoms with E-state index in [1.54, 1.807) is 12.1 Å². The van der Waals surface area contributed by atoms with Gasteiger partial charge in [0.2, 0.25) is 0 Å². The molecular formula is C12H18ClFN2. The molecule has 0 spiro atoms. The molecule has 0 heterocycles. The molecule has 90 valence electrons. The normalized spacial score (nSPS) is 11.1. The van der Waals surface area contributed by atoms with Crippen LogP contribution in [0.25, 0.3) is 0 Å². The van der Waals surface area contributed by atoms with E-state index < -0.39 is 0 Å². The van der Waals surface area contributed by atoms with Gasteiger partial charge in [-0.05, 0) is 25.7 Å². The molecule has 1 rings (SSSR count). The lowest BCUT2D eigenvalue weighted by Crippen LogP contribution is -2.28. The van der Waals surface area contributed by atoms with Crippen LogP contribution in [0.15, 0.2) is 18.2 Å². The number of nitrogens with one attached hydrogen (secondary N) is 1. The van der Waals surface area contributed by atoms with Gasteiger partial charge in [0.05, 0.1) is 0 Å². The standard InChI is InChI=1S/C12H18ClFN2/c1-3-16(2)7-6-15-9-10-4-5-11(13)8-12(10)14/h4-5,8,15H,3,6-7,9H2,1-2H3. The van der Waals surface area contributed by atoms with Gasteiger partial charge < -0.3 is 10.2 Å². The van der Waals surface area contributed by atoms with E-state index in [9.17, 15) is 4.39 Å². The molecular weight excluding hydrogens is 227 g/mol. The van der Waals surface area contributed by atoms with E-state index in [1.165, 1.54) is 6.07 Å². The number of nitrogens with zero attached hydrogens (tertiary/aromatic N) is 1. The molecule has 0 bridgehead atoms. The minimum Gasteiger partial charge on any atom is -0.311 e. The second-order valence-corrected chi connectivity index (χ2v) is 4.24. The number of halogens is 2. The first kappa shape index (κ1) is 13.4. The molecule has 0 unspecified atom stereocenters. The quantitative estimate of drug-likeness (QED) is 0.774. The minimum absolute atomic E-state index is 0.246. The van der Waals surface area contributed by atoms with Gasteiger partial charge in [-0.25, -0.2) is 4.39 Å². The Morgan fingerprint density at radius 3 is 2.81 bits per heavy atom. The highest BCUT2D eigenvalue weighted by molar-refractivity contribution is 6.30. The molecule has 0 aliphatic heterocycles. The van der Waals surface area contributed by atoms with Crippen molar-refractivity contribution in [3.63, 3.8) is 0 Å². The summed E-state index contributed by atoms with van der Waals surface area (Å²) in [6.45, 7) is 5.49. The van der Waals surface area contributed by atoms with Crippen molar-refractivity contribution in [1.82, 2.24) is 10.2 Å². The Morgan fingerprint density at radius 2 is 2.19 bits per heavy atom. The van der Waals surface area contributed by atoms with Crippen LogP contribution in [0.2, 0.25) is 5.02 Å². The monoisotopic (exact) mass is 244 g/mol. The summed E-state index contributed by atoms with van der Waals surface area (Å²) in [6.07, 6.45) is 0. The molecule has 0 atom stereocenters. The Hall–Kier alpha value is -0.640. The summed E-state index contributed by atoms with van der Waals surface area (Å²) in [7, 11) is 2.06. The number of benzene rings is 1. The lowest BCUT2D eigenvalue weighted by Gasteiger charge is -2.14. The van der Waals surface area contributed by atoms with E-state index in [0.717, 1.165) is 19.6 Å². The summed E-state index contributed by atoms with van der Waals surface area (Å²) in [4.78, 5) is 2.20. The molecule has 0 amide bonds. The van der Waals surface area contributed by atoms with Crippen LogP contribution < -0.4 is 5.32 Å². The molecule has 0 saturated carbocycles. The highest BCUT2D eigenvalue weighted by Crippen LogP contribution is 2.14. The van der Waals surface area contributed by atoms with Gasteiger partial charge in [0, 0.05) is 30.2 Å². The molecule has 1 N–H and O–H groups in total. The van der Waals surface area contributed by atoms with E-state index in [1.807, 2.05) is 0 Å². The maximum Gasteiger partial charge on any atom is 0.129 e. The van der Waals surface area contributed by atoms with Crippen molar-refractivity contribution in [2.24, 2.45) is 0 Å². The van der Waals surface area contributed by atoms with Crippen LogP contribution in [0.3, 0.4) is 0 Å². The van der Waals surface area contributed by atoms with Gasteiger partial charge in [0.15, 0.2) is 0 Å². The van der Waals surface area contributed by atoms with Crippen molar-refractivity contribution in [1.29, 1.82) is 0 Å². The van der Waals surface area contributed by atoms with E-state index in [2.05, 4.69) is 24.2 Å². The van der Waals surface area contributed by atoms with Gasteiger partial charge in [-0.2, -0.15) is 0 Å². The largest absolute Gasteiger partial charge is 0.311 e. The molecule has 4 heteroatoms. The molecule has 0 radical (unpaired) electrons. The maximum absolute atomic E-state index is 13.4. The molecule has 0 aromatic heterocycles. The highest BCUT2D eigenvalue weighted by Gasteiger charge is 2.02. The van der Waals surface area contributed by atoms with Gasteiger partial charge in [0.25, 0.3) is 0 Å². The van der Waals surface area contributed by atoms with Crippen LogP contribution in [0.5, 0.6) is 0 Å². The van der Waals surface area contributed by atoms with E-state index in [-0.39, 0.29) is 5.82 Å². The third-order valence-corrected chi connectivity index (χ3v) is 2.78. The fourth-order valence-corrected chi connectivity index (χ4v) is 1.47. The van der Waals surface area contributed by atoms with Crippen LogP contribution in [-0.4, -0.2) is 31.6 Å². The fourth-order valence-electron chi connectivity index (χ4n) is 1.32. The Bertz CT molecular complexity index is 331. The zero-order chi connectivity index (χ0) is 12.0. The second kappa shape index (κ2) is 6.84. The van der Waals surface area contributed by atoms with Crippen LogP contribution in [0.4, 0.5) is 4.39 Å². The Labute approximate surface area is 101 Å². The summed E-state index contributed by atoms with van der Waals surface area (Å²) >= 11 is 5.67. The first-order chi connectivity index (χ1) is 7.63. The van der Waals surface area contributed by atoms with Crippen molar-refractivity contribution >= 4 is 11.6 Å². The van der Waals surface area contributed by atoms with E-state index in [4.69, 9.17) is 11.6 Å². The lowest BCUT2D eigenvalue weighted by molar-refractivity contribution is 0.348. The highest BCUT2D eigenvalue weighted by atomic mass is 35.5. The maximum atomic E-state index is 13.4. The smallest absolute Gasteiger partial charge is 0.129 e. The molecule has 0 aliphatic carbocycles. The molecule has 2 nitrogen and oxygen atoms in total. The fraction of sp³-hybridized carbons (Fsp3) is 0.500. The number of likely N-dealkylation sites (N-methyl/N-ethyl adjacent to an activating group) is 1. The summed E-state index contributed by atoms with van der Waals surface area (Å²) in [5, 5.41) is 3.64. The average Bonchev–Trinajstić information content (AvgIpc) is 2.26. The van der Waals surface area contributed by atoms with E-state index in [0.29, 0.717) is 17.1 Å². The van der Waals surface area contributed by atoms with Gasteiger partial charge >= 0.3 is 0 Å². The van der Waals surface area contributed by atoms with Crippen molar-refractivity contribution in [3.05, 3.63) is 34.6 Å². The third kappa shape index (κ3) is 4.47. The van der Waals surface area contributed by atoms with Crippen molar-refractivity contribution in [2.75, 3.05) is 26.7 Å². The van der Waals surface area contributed by atoms with Crippen molar-refractivity contribution in [2.45, 2.75) is 13.5 Å². The molecule has 1 aromatic carbocycles. The first-order valence-electron chi connectivity index (χ1n) is 5.46. The number of rotatable bonds is 6. The minimum atomic E-state index is -0.246. The topological polar surface area (TPSA) is 15.3 Å². The molecule has 1 aromatic rings. The van der Waals surface area contributed by atoms with Gasteiger partial charge in [-0.1, -0.05) is 24.6 Å². The van der Waals surface area contributed by atoms with Crippen LogP contribution in [0, 0.1) is 5.82 Å². The lowest BCUT2D eigenvalue weighted by atomic mass is 10.2. The number of hydrogen-bond acceptors (Lipinski definition) is 2. The summed E-state index contributed by atoms with van der Waals surface area (Å²) in [6, 6.07) is 4.77. The predicted molar refractivity (Wildman–Crippen MR) is 66.3 cm³/mol. The zero-order valence-corrected chi connectivity index (χ0v) is 10.5. The Morgan fingerprint density at radius 1 is 1.44 bits per heavy atom. The second-order valence-electron chi connectivity index (χ2n) is 3.81. The average molecular weight is 245 g/mol. The summed E-state index contributed by atoms with van der Waals surface area (Å²) in [5.41, 5.74) is 0.656. The van der Waals surface area contributed by atoms with Crippen molar-refractivity contribution < 1.29 is 4.39 Å². The zero-order valence-electron chi connectivity index (χ0n) is 9.76. The summed E-state index contributed by atoms with van der Waals surface area (Å²) < 4.78 is 13.4. The summed E-state index contributed by atoms with van der Waals surface area (Å²) in [5.74, 6) is -0.246. The Balaban J connectivity index is 2.32. The SMILES string of the molecule is CCN(C)CCNCc1ccc(Cl)cc1F. The molecule has 0 saturated heterocycles. The number of hydrogen-bond donors (Lipinski definition) is 1. The molecule has 16 heavy (non-hydrogen) atoms. The van der Waals surface area contributed by atoms with Crippen LogP contribution in [0.1, 0.15) is 12.5 Å². The van der Waals surface area contributed by atoms with Crippen molar-refractivity contribution in [3.8, 4) is 0 Å².